The van der Waals surface area contributed by atoms with Gasteiger partial charge in [0.05, 0.1) is 0 Å². The quantitative estimate of drug-likeness (QED) is 0.610. The van der Waals surface area contributed by atoms with Crippen molar-refractivity contribution in [1.29, 1.82) is 0 Å². The molecule has 0 bridgehead atoms. The number of para-hydroxylation sites is 1. The van der Waals surface area contributed by atoms with Gasteiger partial charge in [0.1, 0.15) is 0 Å². The summed E-state index contributed by atoms with van der Waals surface area (Å²) in [5, 5.41) is 3.53. The largest absolute Gasteiger partial charge is 0.370 e. The van der Waals surface area contributed by atoms with E-state index in [4.69, 9.17) is 0 Å². The number of rotatable bonds is 6. The highest BCUT2D eigenvalue weighted by molar-refractivity contribution is 5.80. The first-order valence-corrected chi connectivity index (χ1v) is 10.0. The zero-order valence-electron chi connectivity index (χ0n) is 17.2. The molecule has 2 aromatic rings. The van der Waals surface area contributed by atoms with E-state index in [1.165, 1.54) is 11.3 Å². The Morgan fingerprint density at radius 3 is 2.46 bits per heavy atom. The van der Waals surface area contributed by atoms with Crippen LogP contribution in [0.1, 0.15) is 12.5 Å². The summed E-state index contributed by atoms with van der Waals surface area (Å²) < 4.78 is 0. The molecule has 0 spiro atoms. The minimum atomic E-state index is 0.807. The summed E-state index contributed by atoms with van der Waals surface area (Å²) in [4.78, 5) is 20.1. The second-order valence-corrected chi connectivity index (χ2v) is 6.86. The molecule has 1 aliphatic rings. The van der Waals surface area contributed by atoms with Crippen LogP contribution >= 0.6 is 0 Å². The monoisotopic (exact) mass is 381 g/mol. The molecule has 3 rings (SSSR count). The molecule has 0 saturated carbocycles. The number of anilines is 2. The van der Waals surface area contributed by atoms with Crippen molar-refractivity contribution in [2.45, 2.75) is 13.8 Å². The van der Waals surface area contributed by atoms with Crippen molar-refractivity contribution >= 4 is 17.6 Å². The van der Waals surface area contributed by atoms with Crippen LogP contribution in [0.2, 0.25) is 0 Å². The van der Waals surface area contributed by atoms with E-state index >= 15 is 0 Å². The molecule has 1 aromatic carbocycles. The maximum Gasteiger partial charge on any atom is 0.225 e. The Morgan fingerprint density at radius 1 is 1.11 bits per heavy atom. The first-order valence-electron chi connectivity index (χ1n) is 10.0. The third-order valence-electron chi connectivity index (χ3n) is 5.13. The molecule has 1 saturated heterocycles. The van der Waals surface area contributed by atoms with E-state index in [0.717, 1.165) is 57.7 Å². The van der Waals surface area contributed by atoms with Crippen LogP contribution in [-0.2, 0) is 0 Å². The smallest absolute Gasteiger partial charge is 0.225 e. The normalized spacial score (nSPS) is 14.9. The van der Waals surface area contributed by atoms with Crippen LogP contribution in [0, 0.1) is 6.92 Å². The second-order valence-electron chi connectivity index (χ2n) is 6.86. The standard InChI is InChI=1S/C21H31N7/c1-4-26(19-9-6-5-8-18(19)2)13-12-25-20(22-3)27-14-16-28(17-15-27)21-23-10-7-11-24-21/h5-11H,4,12-17H2,1-3H3,(H,22,25). The minimum absolute atomic E-state index is 0.807. The summed E-state index contributed by atoms with van der Waals surface area (Å²) in [5.41, 5.74) is 2.62. The van der Waals surface area contributed by atoms with E-state index in [0.29, 0.717) is 0 Å². The maximum absolute atomic E-state index is 4.49. The SMILES string of the molecule is CCN(CCNC(=NC)N1CCN(c2ncccn2)CC1)c1ccccc1C. The molecule has 0 atom stereocenters. The predicted octanol–water partition coefficient (Wildman–Crippen LogP) is 2.01. The van der Waals surface area contributed by atoms with Gasteiger partial charge in [-0.1, -0.05) is 18.2 Å². The molecule has 1 aromatic heterocycles. The van der Waals surface area contributed by atoms with Gasteiger partial charge in [-0.2, -0.15) is 0 Å². The summed E-state index contributed by atoms with van der Waals surface area (Å²) in [7, 11) is 1.86. The Bertz CT molecular complexity index is 754. The number of guanidine groups is 1. The zero-order valence-corrected chi connectivity index (χ0v) is 17.2. The molecule has 1 fully saturated rings. The van der Waals surface area contributed by atoms with Crippen molar-refractivity contribution in [3.63, 3.8) is 0 Å². The fourth-order valence-electron chi connectivity index (χ4n) is 3.57. The molecule has 0 unspecified atom stereocenters. The number of nitrogens with one attached hydrogen (secondary N) is 1. The molecule has 7 heteroatoms. The van der Waals surface area contributed by atoms with Crippen molar-refractivity contribution in [2.75, 3.05) is 62.7 Å². The van der Waals surface area contributed by atoms with Crippen molar-refractivity contribution in [3.8, 4) is 0 Å². The van der Waals surface area contributed by atoms with Crippen LogP contribution in [0.25, 0.3) is 0 Å². The lowest BCUT2D eigenvalue weighted by Gasteiger charge is -2.36. The molecular weight excluding hydrogens is 350 g/mol. The Kier molecular flexibility index (Phi) is 7.06. The van der Waals surface area contributed by atoms with Crippen LogP contribution in [0.5, 0.6) is 0 Å². The average Bonchev–Trinajstić information content (AvgIpc) is 2.76. The Morgan fingerprint density at radius 2 is 1.82 bits per heavy atom. The molecular formula is C21H31N7. The minimum Gasteiger partial charge on any atom is -0.370 e. The number of aliphatic imine (C=N–C) groups is 1. The highest BCUT2D eigenvalue weighted by Gasteiger charge is 2.21. The van der Waals surface area contributed by atoms with Gasteiger partial charge in [0.25, 0.3) is 0 Å². The van der Waals surface area contributed by atoms with Crippen LogP contribution < -0.4 is 15.1 Å². The van der Waals surface area contributed by atoms with Gasteiger partial charge >= 0.3 is 0 Å². The van der Waals surface area contributed by atoms with Crippen molar-refractivity contribution < 1.29 is 0 Å². The summed E-state index contributed by atoms with van der Waals surface area (Å²) >= 11 is 0. The van der Waals surface area contributed by atoms with Crippen LogP contribution in [0.15, 0.2) is 47.7 Å². The van der Waals surface area contributed by atoms with E-state index in [1.54, 1.807) is 12.4 Å². The number of benzene rings is 1. The van der Waals surface area contributed by atoms with E-state index in [1.807, 2.05) is 13.1 Å². The molecule has 0 radical (unpaired) electrons. The molecule has 0 amide bonds. The second kappa shape index (κ2) is 9.92. The Labute approximate surface area is 168 Å². The van der Waals surface area contributed by atoms with E-state index in [-0.39, 0.29) is 0 Å². The maximum atomic E-state index is 4.49. The van der Waals surface area contributed by atoms with Gasteiger partial charge in [0, 0.05) is 70.9 Å². The number of hydrogen-bond donors (Lipinski definition) is 1. The van der Waals surface area contributed by atoms with Crippen LogP contribution in [-0.4, -0.2) is 73.7 Å². The molecule has 150 valence electrons. The van der Waals surface area contributed by atoms with Crippen LogP contribution in [0.4, 0.5) is 11.6 Å². The Balaban J connectivity index is 1.49. The van der Waals surface area contributed by atoms with Gasteiger partial charge in [0.2, 0.25) is 5.95 Å². The summed E-state index contributed by atoms with van der Waals surface area (Å²) in [5.74, 6) is 1.77. The van der Waals surface area contributed by atoms with Gasteiger partial charge in [-0.25, -0.2) is 9.97 Å². The lowest BCUT2D eigenvalue weighted by atomic mass is 10.2. The first kappa shape index (κ1) is 19.9. The number of piperazine rings is 1. The zero-order chi connectivity index (χ0) is 19.8. The predicted molar refractivity (Wildman–Crippen MR) is 116 cm³/mol. The van der Waals surface area contributed by atoms with Crippen molar-refractivity contribution in [1.82, 2.24) is 20.2 Å². The fourth-order valence-corrected chi connectivity index (χ4v) is 3.57. The average molecular weight is 382 g/mol. The van der Waals surface area contributed by atoms with Gasteiger partial charge in [0.15, 0.2) is 5.96 Å². The molecule has 1 N–H and O–H groups in total. The third-order valence-corrected chi connectivity index (χ3v) is 5.13. The molecule has 28 heavy (non-hydrogen) atoms. The van der Waals surface area contributed by atoms with Gasteiger partial charge in [-0.3, -0.25) is 4.99 Å². The third kappa shape index (κ3) is 4.91. The first-order chi connectivity index (χ1) is 13.7. The number of hydrogen-bond acceptors (Lipinski definition) is 5. The van der Waals surface area contributed by atoms with Gasteiger partial charge < -0.3 is 20.0 Å². The van der Waals surface area contributed by atoms with Gasteiger partial charge in [-0.05, 0) is 31.5 Å². The lowest BCUT2D eigenvalue weighted by molar-refractivity contribution is 0.370. The Hall–Kier alpha value is -2.83. The van der Waals surface area contributed by atoms with E-state index in [2.05, 4.69) is 73.1 Å². The highest BCUT2D eigenvalue weighted by atomic mass is 15.4. The number of aromatic nitrogens is 2. The number of aryl methyl sites for hydroxylation is 1. The molecule has 0 aliphatic carbocycles. The van der Waals surface area contributed by atoms with E-state index in [9.17, 15) is 0 Å². The summed E-state index contributed by atoms with van der Waals surface area (Å²) in [6.07, 6.45) is 3.59. The molecule has 1 aliphatic heterocycles. The highest BCUT2D eigenvalue weighted by Crippen LogP contribution is 2.18. The van der Waals surface area contributed by atoms with Crippen molar-refractivity contribution in [3.05, 3.63) is 48.3 Å². The van der Waals surface area contributed by atoms with Crippen molar-refractivity contribution in [2.24, 2.45) is 4.99 Å². The van der Waals surface area contributed by atoms with E-state index < -0.39 is 0 Å². The topological polar surface area (TPSA) is 59.9 Å². The molecule has 7 nitrogen and oxygen atoms in total. The number of likely N-dealkylation sites (N-methyl/N-ethyl adjacent to an activating group) is 1. The van der Waals surface area contributed by atoms with Gasteiger partial charge in [-0.15, -0.1) is 0 Å². The summed E-state index contributed by atoms with van der Waals surface area (Å²) in [6, 6.07) is 10.4. The molecule has 2 heterocycles. The van der Waals surface area contributed by atoms with Crippen LogP contribution in [0.3, 0.4) is 0 Å². The number of nitrogens with zero attached hydrogens (tertiary/aromatic N) is 6. The lowest BCUT2D eigenvalue weighted by Crippen LogP contribution is -2.53. The summed E-state index contributed by atoms with van der Waals surface area (Å²) in [6.45, 7) is 10.8. The fraction of sp³-hybridized carbons (Fsp3) is 0.476.